The van der Waals surface area contributed by atoms with Gasteiger partial charge in [-0.3, -0.25) is 9.59 Å². The van der Waals surface area contributed by atoms with E-state index in [0.29, 0.717) is 19.7 Å². The van der Waals surface area contributed by atoms with E-state index in [9.17, 15) is 14.0 Å². The highest BCUT2D eigenvalue weighted by Crippen LogP contribution is 2.27. The summed E-state index contributed by atoms with van der Waals surface area (Å²) in [6.45, 7) is 1.12. The smallest absolute Gasteiger partial charge is 0.249 e. The van der Waals surface area contributed by atoms with Crippen molar-refractivity contribution in [1.29, 1.82) is 0 Å². The third-order valence-electron chi connectivity index (χ3n) is 5.52. The maximum absolute atomic E-state index is 13.3. The van der Waals surface area contributed by atoms with Crippen molar-refractivity contribution in [3.63, 3.8) is 0 Å². The van der Waals surface area contributed by atoms with Crippen molar-refractivity contribution in [2.24, 2.45) is 0 Å². The minimum absolute atomic E-state index is 0.0186. The molecule has 1 aromatic heterocycles. The highest BCUT2D eigenvalue weighted by atomic mass is 32.1. The van der Waals surface area contributed by atoms with Gasteiger partial charge in [0.25, 0.3) is 0 Å². The van der Waals surface area contributed by atoms with Crippen molar-refractivity contribution in [3.8, 4) is 0 Å². The van der Waals surface area contributed by atoms with Crippen LogP contribution in [0.1, 0.15) is 28.8 Å². The van der Waals surface area contributed by atoms with Crippen LogP contribution in [0.15, 0.2) is 72.1 Å². The normalized spacial score (nSPS) is 13.0. The Morgan fingerprint density at radius 1 is 0.909 bits per heavy atom. The van der Waals surface area contributed by atoms with Crippen LogP contribution in [0.2, 0.25) is 0 Å². The number of rotatable bonds is 11. The number of benzene rings is 2. The Balaban J connectivity index is 1.39. The predicted octanol–water partition coefficient (Wildman–Crippen LogP) is 4.62. The van der Waals surface area contributed by atoms with Crippen LogP contribution in [0, 0.1) is 5.82 Å². The van der Waals surface area contributed by atoms with Gasteiger partial charge in [-0.25, -0.2) is 4.39 Å². The summed E-state index contributed by atoms with van der Waals surface area (Å²) >= 11 is 1.58. The average Bonchev–Trinajstić information content (AvgIpc) is 3.54. The fourth-order valence-corrected chi connectivity index (χ4v) is 4.32. The first-order valence-electron chi connectivity index (χ1n) is 11.0. The molecule has 1 heterocycles. The molecule has 0 bridgehead atoms. The van der Waals surface area contributed by atoms with Crippen LogP contribution in [0.5, 0.6) is 0 Å². The van der Waals surface area contributed by atoms with Gasteiger partial charge < -0.3 is 14.5 Å². The number of hydrogen-bond donors (Lipinski definition) is 0. The summed E-state index contributed by atoms with van der Waals surface area (Å²) in [5.74, 6) is -0.605. The number of carbonyl (C=O) groups excluding carboxylic acids is 2. The molecule has 1 fully saturated rings. The lowest BCUT2D eigenvalue weighted by molar-refractivity contribution is -0.144. The molecule has 0 aliphatic heterocycles. The van der Waals surface area contributed by atoms with Gasteiger partial charge in [0.2, 0.25) is 11.8 Å². The Labute approximate surface area is 197 Å². The van der Waals surface area contributed by atoms with Crippen molar-refractivity contribution in [2.45, 2.75) is 38.6 Å². The van der Waals surface area contributed by atoms with Crippen LogP contribution in [-0.4, -0.2) is 40.8 Å². The van der Waals surface area contributed by atoms with Gasteiger partial charge in [-0.15, -0.1) is 11.3 Å². The summed E-state index contributed by atoms with van der Waals surface area (Å²) < 4.78 is 18.9. The van der Waals surface area contributed by atoms with E-state index in [0.717, 1.165) is 28.8 Å². The lowest BCUT2D eigenvalue weighted by Crippen LogP contribution is -2.44. The average molecular weight is 467 g/mol. The maximum Gasteiger partial charge on any atom is 0.249 e. The second-order valence-electron chi connectivity index (χ2n) is 8.19. The molecule has 172 valence electrons. The molecule has 1 aliphatic rings. The molecule has 1 saturated carbocycles. The molecule has 0 spiro atoms. The maximum atomic E-state index is 13.3. The summed E-state index contributed by atoms with van der Waals surface area (Å²) in [7, 11) is 0. The molecule has 0 atom stereocenters. The molecule has 1 aliphatic carbocycles. The highest BCUT2D eigenvalue weighted by molar-refractivity contribution is 7.09. The van der Waals surface area contributed by atoms with Crippen molar-refractivity contribution < 1.29 is 18.7 Å². The van der Waals surface area contributed by atoms with Crippen LogP contribution in [0.25, 0.3) is 0 Å². The monoisotopic (exact) mass is 466 g/mol. The molecular weight excluding hydrogens is 439 g/mol. The lowest BCUT2D eigenvalue weighted by Gasteiger charge is -2.27. The zero-order chi connectivity index (χ0) is 23.0. The minimum Gasteiger partial charge on any atom is -0.367 e. The molecule has 0 N–H and O–H groups in total. The van der Waals surface area contributed by atoms with Crippen LogP contribution in [-0.2, 0) is 34.0 Å². The zero-order valence-electron chi connectivity index (χ0n) is 18.4. The number of hydrogen-bond acceptors (Lipinski definition) is 4. The molecule has 2 amide bonds. The van der Waals surface area contributed by atoms with Gasteiger partial charge >= 0.3 is 0 Å². The van der Waals surface area contributed by atoms with E-state index < -0.39 is 0 Å². The molecule has 0 unspecified atom stereocenters. The first-order chi connectivity index (χ1) is 16.1. The van der Waals surface area contributed by atoms with E-state index in [1.807, 2.05) is 47.8 Å². The number of nitrogens with zero attached hydrogens (tertiary/aromatic N) is 2. The standard InChI is InChI=1S/C26H27FN2O3S/c27-22-10-8-20(9-11-22)15-28(16-24-7-4-14-33-24)25(30)17-29(23-12-13-23)26(31)19-32-18-21-5-2-1-3-6-21/h1-11,14,23H,12-13,15-19H2. The van der Waals surface area contributed by atoms with Gasteiger partial charge in [-0.1, -0.05) is 48.5 Å². The van der Waals surface area contributed by atoms with Gasteiger partial charge in [0.05, 0.1) is 13.2 Å². The van der Waals surface area contributed by atoms with E-state index in [1.165, 1.54) is 12.1 Å². The fraction of sp³-hybridized carbons (Fsp3) is 0.308. The molecule has 0 radical (unpaired) electrons. The number of thiophene rings is 1. The molecule has 33 heavy (non-hydrogen) atoms. The molecule has 5 nitrogen and oxygen atoms in total. The highest BCUT2D eigenvalue weighted by Gasteiger charge is 2.34. The van der Waals surface area contributed by atoms with Crippen molar-refractivity contribution in [2.75, 3.05) is 13.2 Å². The summed E-state index contributed by atoms with van der Waals surface area (Å²) in [5.41, 5.74) is 1.84. The quantitative estimate of drug-likeness (QED) is 0.414. The van der Waals surface area contributed by atoms with Gasteiger partial charge in [0.15, 0.2) is 0 Å². The molecule has 4 rings (SSSR count). The summed E-state index contributed by atoms with van der Waals surface area (Å²) in [5, 5.41) is 1.97. The van der Waals surface area contributed by atoms with Crippen molar-refractivity contribution >= 4 is 23.2 Å². The molecular formula is C26H27FN2O3S. The first kappa shape index (κ1) is 23.1. The Morgan fingerprint density at radius 2 is 1.67 bits per heavy atom. The summed E-state index contributed by atoms with van der Waals surface area (Å²) in [6.07, 6.45) is 1.81. The largest absolute Gasteiger partial charge is 0.367 e. The lowest BCUT2D eigenvalue weighted by atomic mass is 10.2. The van der Waals surface area contributed by atoms with E-state index >= 15 is 0 Å². The number of carbonyl (C=O) groups is 2. The van der Waals surface area contributed by atoms with Crippen LogP contribution in [0.4, 0.5) is 4.39 Å². The van der Waals surface area contributed by atoms with Gasteiger partial charge in [-0.2, -0.15) is 0 Å². The first-order valence-corrected chi connectivity index (χ1v) is 11.9. The molecule has 0 saturated heterocycles. The minimum atomic E-state index is -0.309. The van der Waals surface area contributed by atoms with Crippen LogP contribution < -0.4 is 0 Å². The number of amides is 2. The third-order valence-corrected chi connectivity index (χ3v) is 6.38. The van der Waals surface area contributed by atoms with E-state index in [-0.39, 0.29) is 36.8 Å². The Hall–Kier alpha value is -3.03. The summed E-state index contributed by atoms with van der Waals surface area (Å²) in [4.78, 5) is 30.6. The predicted molar refractivity (Wildman–Crippen MR) is 126 cm³/mol. The second-order valence-corrected chi connectivity index (χ2v) is 9.22. The SMILES string of the molecule is O=C(CN(C(=O)COCc1ccccc1)C1CC1)N(Cc1ccc(F)cc1)Cc1cccs1. The molecule has 7 heteroatoms. The molecule has 2 aromatic carbocycles. The topological polar surface area (TPSA) is 49.9 Å². The van der Waals surface area contributed by atoms with Crippen LogP contribution >= 0.6 is 11.3 Å². The van der Waals surface area contributed by atoms with Crippen molar-refractivity contribution in [3.05, 3.63) is 93.9 Å². The Morgan fingerprint density at radius 3 is 2.33 bits per heavy atom. The third kappa shape index (κ3) is 6.97. The van der Waals surface area contributed by atoms with E-state index in [2.05, 4.69) is 0 Å². The second kappa shape index (κ2) is 11.2. The summed E-state index contributed by atoms with van der Waals surface area (Å²) in [6, 6.07) is 19.9. The van der Waals surface area contributed by atoms with E-state index in [1.54, 1.807) is 33.3 Å². The van der Waals surface area contributed by atoms with Gasteiger partial charge in [0, 0.05) is 17.5 Å². The zero-order valence-corrected chi connectivity index (χ0v) is 19.2. The Bertz CT molecular complexity index is 1040. The van der Waals surface area contributed by atoms with Gasteiger partial charge in [0.1, 0.15) is 19.0 Å². The number of halogens is 1. The number of ether oxygens (including phenoxy) is 1. The molecule has 3 aromatic rings. The fourth-order valence-electron chi connectivity index (χ4n) is 3.60. The Kier molecular flexibility index (Phi) is 7.86. The van der Waals surface area contributed by atoms with Gasteiger partial charge in [-0.05, 0) is 47.5 Å². The van der Waals surface area contributed by atoms with Crippen molar-refractivity contribution in [1.82, 2.24) is 9.80 Å². The van der Waals surface area contributed by atoms with Crippen LogP contribution in [0.3, 0.4) is 0 Å². The van der Waals surface area contributed by atoms with E-state index in [4.69, 9.17) is 4.74 Å².